The topological polar surface area (TPSA) is 200 Å². The maximum atomic E-state index is 13.2. The number of rotatable bonds is 14. The average molecular weight is 920 g/mol. The number of amides is 4. The van der Waals surface area contributed by atoms with E-state index in [9.17, 15) is 24.4 Å². The van der Waals surface area contributed by atoms with Crippen LogP contribution in [0.25, 0.3) is 0 Å². The molecule has 0 bridgehead atoms. The van der Waals surface area contributed by atoms with Crippen LogP contribution in [0, 0.1) is 11.8 Å². The van der Waals surface area contributed by atoms with E-state index in [1.54, 1.807) is 14.2 Å². The fourth-order valence-electron chi connectivity index (χ4n) is 10.0. The Morgan fingerprint density at radius 2 is 1.26 bits per heavy atom. The zero-order valence-electron chi connectivity index (χ0n) is 37.3. The second-order valence-electron chi connectivity index (χ2n) is 18.6. The maximum Gasteiger partial charge on any atom is 0.421 e. The fourth-order valence-corrected chi connectivity index (χ4v) is 10.3. The van der Waals surface area contributed by atoms with E-state index in [-0.39, 0.29) is 67.0 Å². The van der Waals surface area contributed by atoms with Gasteiger partial charge in [-0.25, -0.2) is 14.8 Å². The number of methoxy groups -OCH3 is 2. The van der Waals surface area contributed by atoms with Crippen molar-refractivity contribution in [1.82, 2.24) is 10.2 Å². The van der Waals surface area contributed by atoms with E-state index in [2.05, 4.69) is 59.0 Å². The van der Waals surface area contributed by atoms with Gasteiger partial charge in [0, 0.05) is 14.2 Å². The number of imide groups is 2. The third kappa shape index (κ3) is 10.8. The quantitative estimate of drug-likeness (QED) is 0.102. The number of quaternary nitrogens is 1. The summed E-state index contributed by atoms with van der Waals surface area (Å²) in [6, 6.07) is 0. The molecule has 7 rings (SSSR count). The Balaban J connectivity index is 0.000000214. The highest BCUT2D eigenvalue weighted by Crippen LogP contribution is 2.61. The summed E-state index contributed by atoms with van der Waals surface area (Å²) in [6.07, 6.45) is 5.10. The van der Waals surface area contributed by atoms with Crippen LogP contribution in [-0.2, 0) is 52.2 Å². The number of carbonyl (C=O) groups excluding carboxylic acids is 4. The molecule has 5 saturated heterocycles. The summed E-state index contributed by atoms with van der Waals surface area (Å²) in [5.41, 5.74) is 0.989. The van der Waals surface area contributed by atoms with Crippen molar-refractivity contribution in [1.29, 1.82) is 0 Å². The van der Waals surface area contributed by atoms with Crippen molar-refractivity contribution in [2.75, 3.05) is 72.2 Å². The summed E-state index contributed by atoms with van der Waals surface area (Å²) in [6.45, 7) is 14.6. The number of morpholine rings is 1. The zero-order valence-corrected chi connectivity index (χ0v) is 38.8. The number of nitrogens with zero attached hydrogens (tertiary/aromatic N) is 2. The molecule has 0 aromatic carbocycles. The lowest BCUT2D eigenvalue weighted by molar-refractivity contribution is -1.11. The van der Waals surface area contributed by atoms with Gasteiger partial charge in [0.1, 0.15) is 71.7 Å². The SMILES string of the molecule is CO[C@@H]1[C@H](OC(=O)N(C[N+]2(O)CCOCC2)C(=O)CCl)CC[C@]2(CO2)[C@H]1[C@]1(C)OC1CC=C(C)C.CO[C@@H]1[C@H](OC(=O)NC(=O)CCl)CC[C@]2(CO2)[C@H]1[C@]1(C)OC1CC=C(C)C. The molecule has 0 aromatic rings. The lowest BCUT2D eigenvalue weighted by Gasteiger charge is -2.43. The van der Waals surface area contributed by atoms with Gasteiger partial charge in [-0.3, -0.25) is 14.9 Å². The first-order valence-electron chi connectivity index (χ1n) is 21.6. The Bertz CT molecular complexity index is 1710. The largest absolute Gasteiger partial charge is 0.443 e. The van der Waals surface area contributed by atoms with E-state index in [0.717, 1.165) is 24.2 Å². The van der Waals surface area contributed by atoms with Gasteiger partial charge in [0.25, 0.3) is 5.91 Å². The van der Waals surface area contributed by atoms with Crippen LogP contribution in [0.5, 0.6) is 0 Å². The first kappa shape index (κ1) is 49.0. The monoisotopic (exact) mass is 918 g/mol. The van der Waals surface area contributed by atoms with Gasteiger partial charge in [-0.2, -0.15) is 9.55 Å². The third-order valence-corrected chi connectivity index (χ3v) is 14.2. The minimum atomic E-state index is -0.838. The molecule has 2 unspecified atom stereocenters. The van der Waals surface area contributed by atoms with Crippen molar-refractivity contribution >= 4 is 47.2 Å². The normalized spacial score (nSPS) is 38.4. The first-order valence-corrected chi connectivity index (χ1v) is 22.7. The lowest BCUT2D eigenvalue weighted by atomic mass is 9.68. The summed E-state index contributed by atoms with van der Waals surface area (Å²) in [7, 11) is 3.20. The summed E-state index contributed by atoms with van der Waals surface area (Å²) in [5, 5.41) is 13.0. The Morgan fingerprint density at radius 1 is 0.790 bits per heavy atom. The molecule has 5 heterocycles. The second-order valence-corrected chi connectivity index (χ2v) is 19.1. The number of ether oxygens (including phenoxy) is 9. The Kier molecular flexibility index (Phi) is 15.5. The van der Waals surface area contributed by atoms with Crippen molar-refractivity contribution in [3.05, 3.63) is 23.3 Å². The second kappa shape index (κ2) is 19.6. The molecule has 62 heavy (non-hydrogen) atoms. The van der Waals surface area contributed by atoms with Gasteiger partial charge >= 0.3 is 12.2 Å². The summed E-state index contributed by atoms with van der Waals surface area (Å²) in [4.78, 5) is 50.0. The standard InChI is InChI=1S/C24H38ClN2O8.C19H28ClNO6/c1-16(2)5-6-18-23(3,35-18)21-20(31-4)17(7-8-24(21)14-33-24)34-22(29)26(19(28)13-25)15-27(30)9-11-32-12-10-27;1-11(2)5-6-13-18(3,27-13)16-15(24-4)12(7-8-19(16)10-25-19)26-17(23)21-14(22)9-20/h5,17-18,20-21,30H,6-15H2,1-4H3;5,12-13,15-16H,6-10H2,1-4H3,(H,21,22,23)/q+1;/t17-,18?,20-,21-,23-,24+;12-,13?,15-,16-,18-,19+/m11/s1. The minimum absolute atomic E-state index is 0.0324. The highest BCUT2D eigenvalue weighted by atomic mass is 35.5. The van der Waals surface area contributed by atoms with Crippen LogP contribution in [0.3, 0.4) is 0 Å². The number of alkyl halides is 2. The molecule has 12 atom stereocenters. The molecule has 0 aromatic heterocycles. The molecule has 5 aliphatic heterocycles. The number of hydroxylamine groups is 3. The van der Waals surface area contributed by atoms with Crippen LogP contribution in [0.1, 0.15) is 80.1 Å². The van der Waals surface area contributed by atoms with Gasteiger partial charge in [-0.15, -0.1) is 23.2 Å². The van der Waals surface area contributed by atoms with Crippen molar-refractivity contribution < 1.29 is 71.7 Å². The van der Waals surface area contributed by atoms with Crippen LogP contribution >= 0.6 is 23.2 Å². The summed E-state index contributed by atoms with van der Waals surface area (Å²) >= 11 is 11.2. The van der Waals surface area contributed by atoms with Crippen LogP contribution < -0.4 is 5.32 Å². The van der Waals surface area contributed by atoms with E-state index >= 15 is 0 Å². The average Bonchev–Trinajstić information content (AvgIpc) is 4.12. The number of hydrogen-bond donors (Lipinski definition) is 2. The van der Waals surface area contributed by atoms with Gasteiger partial charge in [0.2, 0.25) is 5.91 Å². The van der Waals surface area contributed by atoms with Gasteiger partial charge in [-0.1, -0.05) is 23.3 Å². The van der Waals surface area contributed by atoms with Gasteiger partial charge in [-0.05, 0) is 80.1 Å². The number of hydrogen-bond acceptors (Lipinski definition) is 14. The Morgan fingerprint density at radius 3 is 1.66 bits per heavy atom. The van der Waals surface area contributed by atoms with Crippen molar-refractivity contribution in [3.8, 4) is 0 Å². The molecular formula is C43H66Cl2N3O14+. The molecule has 7 fully saturated rings. The van der Waals surface area contributed by atoms with E-state index in [1.807, 2.05) is 0 Å². The molecule has 17 nitrogen and oxygen atoms in total. The molecule has 2 spiro atoms. The fraction of sp³-hybridized carbons (Fsp3) is 0.814. The van der Waals surface area contributed by atoms with E-state index in [4.69, 9.17) is 65.8 Å². The molecule has 350 valence electrons. The minimum Gasteiger partial charge on any atom is -0.443 e. The molecule has 7 aliphatic rings. The smallest absolute Gasteiger partial charge is 0.421 e. The van der Waals surface area contributed by atoms with E-state index in [0.29, 0.717) is 45.7 Å². The first-order chi connectivity index (χ1) is 29.3. The van der Waals surface area contributed by atoms with Crippen LogP contribution in [0.2, 0.25) is 0 Å². The predicted molar refractivity (Wildman–Crippen MR) is 223 cm³/mol. The molecule has 4 amide bonds. The summed E-state index contributed by atoms with van der Waals surface area (Å²) < 4.78 is 52.0. The number of halogens is 2. The molecule has 0 radical (unpaired) electrons. The zero-order chi connectivity index (χ0) is 45.3. The molecular weight excluding hydrogens is 853 g/mol. The van der Waals surface area contributed by atoms with Gasteiger partial charge in [0.15, 0.2) is 6.67 Å². The van der Waals surface area contributed by atoms with Gasteiger partial charge in [0.05, 0.1) is 50.5 Å². The number of allylic oxidation sites excluding steroid dienone is 2. The number of alkyl carbamates (subject to hydrolysis) is 1. The van der Waals surface area contributed by atoms with Crippen molar-refractivity contribution in [2.45, 2.75) is 139 Å². The predicted octanol–water partition coefficient (Wildman–Crippen LogP) is 5.01. The highest BCUT2D eigenvalue weighted by Gasteiger charge is 2.73. The number of nitrogens with one attached hydrogen (secondary N) is 1. The maximum absolute atomic E-state index is 13.2. The van der Waals surface area contributed by atoms with Crippen LogP contribution in [-0.4, -0.2) is 170 Å². The lowest BCUT2D eigenvalue weighted by Crippen LogP contribution is -2.61. The van der Waals surface area contributed by atoms with E-state index < -0.39 is 64.0 Å². The molecule has 2 N–H and O–H groups in total. The van der Waals surface area contributed by atoms with Crippen molar-refractivity contribution in [3.63, 3.8) is 0 Å². The highest BCUT2D eigenvalue weighted by molar-refractivity contribution is 6.28. The molecule has 2 saturated carbocycles. The molecule has 19 heteroatoms. The van der Waals surface area contributed by atoms with Gasteiger partial charge < -0.3 is 42.6 Å². The van der Waals surface area contributed by atoms with E-state index in [1.165, 1.54) is 11.1 Å². The van der Waals surface area contributed by atoms with Crippen LogP contribution in [0.15, 0.2) is 23.3 Å². The van der Waals surface area contributed by atoms with Crippen molar-refractivity contribution in [2.24, 2.45) is 11.8 Å². The van der Waals surface area contributed by atoms with Crippen LogP contribution in [0.4, 0.5) is 9.59 Å². The Labute approximate surface area is 374 Å². The molecule has 2 aliphatic carbocycles. The third-order valence-electron chi connectivity index (χ3n) is 13.7. The number of carbonyl (C=O) groups is 4. The number of epoxide rings is 4. The Hall–Kier alpha value is -2.42. The summed E-state index contributed by atoms with van der Waals surface area (Å²) in [5.74, 6) is -2.11.